The number of amides is 2. The lowest BCUT2D eigenvalue weighted by molar-refractivity contribution is -0.125. The van der Waals surface area contributed by atoms with Gasteiger partial charge in [0, 0.05) is 24.8 Å². The molecule has 1 spiro atoms. The topological polar surface area (TPSA) is 125 Å². The van der Waals surface area contributed by atoms with Crippen molar-refractivity contribution in [3.8, 4) is 23.1 Å². The monoisotopic (exact) mass is 511 g/mol. The molecule has 2 amide bonds. The second kappa shape index (κ2) is 9.05. The Kier molecular flexibility index (Phi) is 5.78. The van der Waals surface area contributed by atoms with Crippen LogP contribution in [0.1, 0.15) is 78.2 Å². The molecule has 38 heavy (non-hydrogen) atoms. The highest BCUT2D eigenvalue weighted by Crippen LogP contribution is 2.54. The summed E-state index contributed by atoms with van der Waals surface area (Å²) in [4.78, 5) is 26.6. The lowest BCUT2D eigenvalue weighted by Crippen LogP contribution is -2.42. The number of hydrogen-bond acceptors (Lipinski definition) is 5. The maximum absolute atomic E-state index is 12.5. The van der Waals surface area contributed by atoms with Gasteiger partial charge in [-0.3, -0.25) is 14.3 Å². The Labute approximate surface area is 222 Å². The quantitative estimate of drug-likeness (QED) is 0.492. The summed E-state index contributed by atoms with van der Waals surface area (Å²) >= 11 is 0. The lowest BCUT2D eigenvalue weighted by atomic mass is 9.65. The van der Waals surface area contributed by atoms with Gasteiger partial charge in [0.25, 0.3) is 11.8 Å². The number of carbonyl (C=O) groups excluding carboxylic acids is 2. The number of benzene rings is 1. The average Bonchev–Trinajstić information content (AvgIpc) is 3.37. The van der Waals surface area contributed by atoms with Crippen LogP contribution in [0.5, 0.6) is 0 Å². The number of aromatic nitrogens is 4. The van der Waals surface area contributed by atoms with E-state index < -0.39 is 5.91 Å². The number of aryl methyl sites for hydroxylation is 1. The molecule has 9 nitrogen and oxygen atoms in total. The number of primary amides is 1. The summed E-state index contributed by atoms with van der Waals surface area (Å²) in [5, 5.41) is 9.54. The van der Waals surface area contributed by atoms with Gasteiger partial charge in [0.05, 0.1) is 18.3 Å². The van der Waals surface area contributed by atoms with Crippen LogP contribution in [0.3, 0.4) is 0 Å². The van der Waals surface area contributed by atoms with Crippen molar-refractivity contribution in [2.24, 2.45) is 11.1 Å². The van der Waals surface area contributed by atoms with E-state index in [9.17, 15) is 9.59 Å². The molecule has 3 aliphatic rings. The van der Waals surface area contributed by atoms with Crippen LogP contribution < -0.4 is 11.5 Å². The van der Waals surface area contributed by atoms with Crippen molar-refractivity contribution in [3.63, 3.8) is 0 Å². The van der Waals surface area contributed by atoms with Crippen LogP contribution in [-0.2, 0) is 11.3 Å². The fourth-order valence-electron chi connectivity index (χ4n) is 6.28. The molecule has 2 aromatic heterocycles. The molecule has 0 radical (unpaired) electrons. The molecular weight excluding hydrogens is 478 g/mol. The van der Waals surface area contributed by atoms with Crippen molar-refractivity contribution in [1.82, 2.24) is 24.5 Å². The van der Waals surface area contributed by atoms with E-state index in [1.165, 1.54) is 24.0 Å². The summed E-state index contributed by atoms with van der Waals surface area (Å²) in [6, 6.07) is 8.73. The van der Waals surface area contributed by atoms with E-state index in [1.54, 1.807) is 11.6 Å². The third kappa shape index (κ3) is 4.24. The Morgan fingerprint density at radius 3 is 2.71 bits per heavy atom. The molecular formula is C29H33N7O2. The standard InChI is InChI=1S/C29H33N7O2/c1-3-5-24(37)34-11-10-29(17-34)13-22(14-29)36-27(30)25(28(31)38)26(33-36)23-16-35(32-18(23)2)15-19-6-4-7-21(12-19)20-8-9-20/h4,6-7,12,16,20,22H,8-11,13-15,17,30H2,1-2H3,(H2,31,38)/t22-,29-. The Morgan fingerprint density at radius 2 is 2.00 bits per heavy atom. The Balaban J connectivity index is 1.23. The first-order chi connectivity index (χ1) is 18.3. The van der Waals surface area contributed by atoms with Gasteiger partial charge in [-0.15, -0.1) is 0 Å². The summed E-state index contributed by atoms with van der Waals surface area (Å²) in [5.41, 5.74) is 17.2. The molecule has 0 atom stereocenters. The smallest absolute Gasteiger partial charge is 0.298 e. The molecule has 3 aromatic rings. The van der Waals surface area contributed by atoms with E-state index in [-0.39, 0.29) is 22.9 Å². The minimum atomic E-state index is -0.599. The van der Waals surface area contributed by atoms with Crippen LogP contribution in [0, 0.1) is 24.2 Å². The van der Waals surface area contributed by atoms with Crippen LogP contribution >= 0.6 is 0 Å². The highest BCUT2D eigenvalue weighted by Gasteiger charge is 2.51. The first-order valence-corrected chi connectivity index (χ1v) is 13.3. The number of anilines is 1. The SMILES string of the molecule is CC#CC(=O)N1CC[C@]2(C1)C[C@H](n1nc(-c3cn(Cc4cccc(C5CC5)c4)nc3C)c(C(N)=O)c1N)C2. The number of likely N-dealkylation sites (tertiary alicyclic amines) is 1. The van der Waals surface area contributed by atoms with Gasteiger partial charge < -0.3 is 16.4 Å². The molecule has 1 saturated heterocycles. The molecule has 6 rings (SSSR count). The van der Waals surface area contributed by atoms with Crippen LogP contribution in [0.25, 0.3) is 11.3 Å². The van der Waals surface area contributed by atoms with Gasteiger partial charge in [0.2, 0.25) is 0 Å². The molecule has 9 heteroatoms. The molecule has 0 unspecified atom stereocenters. The van der Waals surface area contributed by atoms with Crippen molar-refractivity contribution in [1.29, 1.82) is 0 Å². The Morgan fingerprint density at radius 1 is 1.21 bits per heavy atom. The zero-order valence-corrected chi connectivity index (χ0v) is 21.9. The minimum absolute atomic E-state index is 0.0506. The van der Waals surface area contributed by atoms with Gasteiger partial charge >= 0.3 is 0 Å². The third-order valence-electron chi connectivity index (χ3n) is 8.38. The summed E-state index contributed by atoms with van der Waals surface area (Å²) in [7, 11) is 0. The second-order valence-electron chi connectivity index (χ2n) is 11.2. The van der Waals surface area contributed by atoms with Crippen LogP contribution in [-0.4, -0.2) is 49.4 Å². The normalized spacial score (nSPS) is 22.3. The number of carbonyl (C=O) groups is 2. The number of hydrogen-bond donors (Lipinski definition) is 2. The zero-order chi connectivity index (χ0) is 26.6. The highest BCUT2D eigenvalue weighted by atomic mass is 16.2. The van der Waals surface area contributed by atoms with E-state index >= 15 is 0 Å². The Hall–Kier alpha value is -4.06. The maximum atomic E-state index is 12.5. The van der Waals surface area contributed by atoms with Crippen molar-refractivity contribution < 1.29 is 9.59 Å². The van der Waals surface area contributed by atoms with Gasteiger partial charge in [0.15, 0.2) is 0 Å². The average molecular weight is 512 g/mol. The molecule has 196 valence electrons. The zero-order valence-electron chi connectivity index (χ0n) is 21.9. The second-order valence-corrected chi connectivity index (χ2v) is 11.2. The van der Waals surface area contributed by atoms with E-state index in [2.05, 4.69) is 36.1 Å². The molecule has 3 fully saturated rings. The molecule has 3 heterocycles. The van der Waals surface area contributed by atoms with Crippen molar-refractivity contribution in [2.75, 3.05) is 18.8 Å². The van der Waals surface area contributed by atoms with Gasteiger partial charge in [0.1, 0.15) is 17.1 Å². The first-order valence-electron chi connectivity index (χ1n) is 13.3. The number of nitrogens with two attached hydrogens (primary N) is 2. The minimum Gasteiger partial charge on any atom is -0.383 e. The van der Waals surface area contributed by atoms with Crippen molar-refractivity contribution in [2.45, 2.75) is 64.5 Å². The largest absolute Gasteiger partial charge is 0.383 e. The van der Waals surface area contributed by atoms with Gasteiger partial charge in [-0.25, -0.2) is 4.68 Å². The van der Waals surface area contributed by atoms with Gasteiger partial charge in [-0.1, -0.05) is 30.2 Å². The maximum Gasteiger partial charge on any atom is 0.298 e. The fourth-order valence-corrected chi connectivity index (χ4v) is 6.28. The predicted octanol–water partition coefficient (Wildman–Crippen LogP) is 3.24. The number of rotatable bonds is 6. The summed E-state index contributed by atoms with van der Waals surface area (Å²) in [6.45, 7) is 5.63. The van der Waals surface area contributed by atoms with Crippen molar-refractivity contribution in [3.05, 3.63) is 52.8 Å². The predicted molar refractivity (Wildman–Crippen MR) is 144 cm³/mol. The summed E-state index contributed by atoms with van der Waals surface area (Å²) in [5.74, 6) is 5.60. The van der Waals surface area contributed by atoms with E-state index in [0.717, 1.165) is 30.5 Å². The van der Waals surface area contributed by atoms with E-state index in [4.69, 9.17) is 21.7 Å². The Bertz CT molecular complexity index is 1490. The van der Waals surface area contributed by atoms with E-state index in [0.29, 0.717) is 37.1 Å². The van der Waals surface area contributed by atoms with E-state index in [1.807, 2.05) is 22.7 Å². The first kappa shape index (κ1) is 24.3. The molecule has 1 aliphatic heterocycles. The number of nitrogen functional groups attached to an aromatic ring is 1. The van der Waals surface area contributed by atoms with Crippen LogP contribution in [0.2, 0.25) is 0 Å². The molecule has 2 saturated carbocycles. The van der Waals surface area contributed by atoms with Crippen molar-refractivity contribution >= 4 is 17.6 Å². The lowest BCUT2D eigenvalue weighted by Gasteiger charge is -2.45. The molecule has 0 bridgehead atoms. The van der Waals surface area contributed by atoms with Gasteiger partial charge in [-0.05, 0) is 74.3 Å². The molecule has 2 aliphatic carbocycles. The molecule has 4 N–H and O–H groups in total. The summed E-state index contributed by atoms with van der Waals surface area (Å²) in [6.07, 6.45) is 7.08. The number of nitrogens with zero attached hydrogens (tertiary/aromatic N) is 5. The van der Waals surface area contributed by atoms with Crippen LogP contribution in [0.15, 0.2) is 30.5 Å². The fraction of sp³-hybridized carbons (Fsp3) is 0.448. The summed E-state index contributed by atoms with van der Waals surface area (Å²) < 4.78 is 3.64. The molecule has 1 aromatic carbocycles. The highest BCUT2D eigenvalue weighted by molar-refractivity contribution is 6.03. The van der Waals surface area contributed by atoms with Crippen LogP contribution in [0.4, 0.5) is 5.82 Å². The third-order valence-corrected chi connectivity index (χ3v) is 8.38. The van der Waals surface area contributed by atoms with Gasteiger partial charge in [-0.2, -0.15) is 10.2 Å².